The van der Waals surface area contributed by atoms with E-state index in [1.165, 1.54) is 0 Å². The van der Waals surface area contributed by atoms with Crippen LogP contribution in [0.1, 0.15) is 35.7 Å². The first-order chi connectivity index (χ1) is 11.9. The molecule has 0 aromatic heterocycles. The molecule has 0 aliphatic heterocycles. The van der Waals surface area contributed by atoms with Crippen LogP contribution in [0, 0.1) is 6.92 Å². The lowest BCUT2D eigenvalue weighted by Gasteiger charge is -2.33. The van der Waals surface area contributed by atoms with E-state index in [4.69, 9.17) is 0 Å². The van der Waals surface area contributed by atoms with Crippen molar-refractivity contribution in [2.75, 3.05) is 24.3 Å². The van der Waals surface area contributed by atoms with E-state index in [1.54, 1.807) is 0 Å². The summed E-state index contributed by atoms with van der Waals surface area (Å²) in [5.74, 6) is 0.100. The minimum Gasteiger partial charge on any atom is -0.378 e. The van der Waals surface area contributed by atoms with Gasteiger partial charge in [0.15, 0.2) is 5.78 Å². The molecule has 0 amide bonds. The van der Waals surface area contributed by atoms with Gasteiger partial charge in [-0.15, -0.1) is 6.58 Å². The fraction of sp³-hybridized carbons (Fsp3) is 0.318. The van der Waals surface area contributed by atoms with E-state index in [0.717, 1.165) is 22.5 Å². The smallest absolute Gasteiger partial charge is 0.188 e. The topological polar surface area (TPSA) is 32.3 Å². The van der Waals surface area contributed by atoms with Gasteiger partial charge in [-0.1, -0.05) is 31.2 Å². The molecule has 0 saturated carbocycles. The van der Waals surface area contributed by atoms with Gasteiger partial charge in [-0.05, 0) is 55.7 Å². The number of carbonyl (C=O) groups excluding carboxylic acids is 1. The molecule has 3 heteroatoms. The van der Waals surface area contributed by atoms with Gasteiger partial charge in [-0.25, -0.2) is 0 Å². The Kier molecular flexibility index (Phi) is 6.02. The molecule has 0 heterocycles. The molecule has 2 rings (SSSR count). The molecule has 1 atom stereocenters. The largest absolute Gasteiger partial charge is 0.378 e. The zero-order valence-corrected chi connectivity index (χ0v) is 15.7. The maximum absolute atomic E-state index is 13.4. The van der Waals surface area contributed by atoms with Crippen LogP contribution in [0.2, 0.25) is 0 Å². The monoisotopic (exact) mass is 336 g/mol. The lowest BCUT2D eigenvalue weighted by molar-refractivity contribution is 0.0902. The van der Waals surface area contributed by atoms with Gasteiger partial charge in [0.1, 0.15) is 5.54 Å². The average Bonchev–Trinajstić information content (AvgIpc) is 2.62. The third kappa shape index (κ3) is 4.11. The van der Waals surface area contributed by atoms with Gasteiger partial charge in [0, 0.05) is 31.0 Å². The van der Waals surface area contributed by atoms with Crippen LogP contribution in [0.4, 0.5) is 11.4 Å². The van der Waals surface area contributed by atoms with Gasteiger partial charge < -0.3 is 10.2 Å². The summed E-state index contributed by atoms with van der Waals surface area (Å²) in [6.07, 6.45) is 3.08. The Morgan fingerprint density at radius 2 is 1.80 bits per heavy atom. The van der Waals surface area contributed by atoms with Gasteiger partial charge >= 0.3 is 0 Å². The normalized spacial score (nSPS) is 13.0. The second-order valence-electron chi connectivity index (χ2n) is 6.64. The Labute approximate surface area is 151 Å². The van der Waals surface area contributed by atoms with Gasteiger partial charge in [-0.2, -0.15) is 0 Å². The van der Waals surface area contributed by atoms with Crippen molar-refractivity contribution >= 4 is 17.2 Å². The molecule has 0 aliphatic rings. The second-order valence-corrected chi connectivity index (χ2v) is 6.64. The minimum atomic E-state index is -0.687. The lowest BCUT2D eigenvalue weighted by Crippen LogP contribution is -2.45. The zero-order valence-electron chi connectivity index (χ0n) is 15.7. The molecular weight excluding hydrogens is 308 g/mol. The van der Waals surface area contributed by atoms with Crippen LogP contribution < -0.4 is 10.2 Å². The van der Waals surface area contributed by atoms with Crippen molar-refractivity contribution < 1.29 is 4.79 Å². The predicted molar refractivity (Wildman–Crippen MR) is 108 cm³/mol. The summed E-state index contributed by atoms with van der Waals surface area (Å²) < 4.78 is 0. The molecule has 1 unspecified atom stereocenters. The number of Topliss-reactive ketones (excluding diaryl/α,β-unsaturated/α-hetero) is 1. The Hall–Kier alpha value is -2.55. The van der Waals surface area contributed by atoms with Crippen LogP contribution in [-0.4, -0.2) is 25.4 Å². The number of aryl methyl sites for hydroxylation is 1. The van der Waals surface area contributed by atoms with E-state index in [1.807, 2.05) is 87.4 Å². The number of nitrogens with one attached hydrogen (secondary N) is 1. The summed E-state index contributed by atoms with van der Waals surface area (Å²) in [4.78, 5) is 15.4. The molecule has 2 aromatic rings. The maximum Gasteiger partial charge on any atom is 0.188 e. The number of hydrogen-bond acceptors (Lipinski definition) is 3. The molecular formula is C22H28N2O. The van der Waals surface area contributed by atoms with E-state index in [9.17, 15) is 4.79 Å². The second kappa shape index (κ2) is 8.02. The van der Waals surface area contributed by atoms with Crippen LogP contribution in [0.15, 0.2) is 61.2 Å². The van der Waals surface area contributed by atoms with Crippen LogP contribution in [0.25, 0.3) is 0 Å². The molecule has 25 heavy (non-hydrogen) atoms. The first-order valence-corrected chi connectivity index (χ1v) is 8.70. The predicted octanol–water partition coefficient (Wildman–Crippen LogP) is 5.08. The summed E-state index contributed by atoms with van der Waals surface area (Å²) in [5.41, 5.74) is 3.22. The Balaban J connectivity index is 2.39. The number of carbonyl (C=O) groups is 1. The average molecular weight is 336 g/mol. The Bertz CT molecular complexity index is 734. The number of anilines is 2. The van der Waals surface area contributed by atoms with E-state index in [-0.39, 0.29) is 5.78 Å². The van der Waals surface area contributed by atoms with Crippen molar-refractivity contribution in [2.45, 2.75) is 32.2 Å². The van der Waals surface area contributed by atoms with E-state index >= 15 is 0 Å². The van der Waals surface area contributed by atoms with Gasteiger partial charge in [0.2, 0.25) is 0 Å². The van der Waals surface area contributed by atoms with Crippen LogP contribution in [0.5, 0.6) is 0 Å². The summed E-state index contributed by atoms with van der Waals surface area (Å²) in [6.45, 7) is 7.96. The van der Waals surface area contributed by atoms with E-state index in [2.05, 4.69) is 11.9 Å². The highest BCUT2D eigenvalue weighted by molar-refractivity contribution is 6.05. The number of rotatable bonds is 8. The summed E-state index contributed by atoms with van der Waals surface area (Å²) in [5, 5.41) is 3.52. The fourth-order valence-corrected chi connectivity index (χ4v) is 3.00. The van der Waals surface area contributed by atoms with Crippen molar-refractivity contribution in [1.29, 1.82) is 0 Å². The molecule has 0 bridgehead atoms. The summed E-state index contributed by atoms with van der Waals surface area (Å²) in [7, 11) is 3.98. The van der Waals surface area contributed by atoms with Crippen molar-refractivity contribution in [3.63, 3.8) is 0 Å². The number of hydrogen-bond donors (Lipinski definition) is 1. The highest BCUT2D eigenvalue weighted by atomic mass is 16.1. The highest BCUT2D eigenvalue weighted by Gasteiger charge is 2.36. The first kappa shape index (κ1) is 18.8. The van der Waals surface area contributed by atoms with Crippen molar-refractivity contribution in [2.24, 2.45) is 0 Å². The maximum atomic E-state index is 13.4. The number of nitrogens with zero attached hydrogens (tertiary/aromatic N) is 1. The highest BCUT2D eigenvalue weighted by Crippen LogP contribution is 2.29. The molecule has 0 spiro atoms. The molecule has 132 valence electrons. The Morgan fingerprint density at radius 1 is 1.16 bits per heavy atom. The first-order valence-electron chi connectivity index (χ1n) is 8.70. The van der Waals surface area contributed by atoms with Crippen LogP contribution in [-0.2, 0) is 0 Å². The van der Waals surface area contributed by atoms with Crippen LogP contribution in [0.3, 0.4) is 0 Å². The van der Waals surface area contributed by atoms with Gasteiger partial charge in [0.05, 0.1) is 0 Å². The molecule has 2 aromatic carbocycles. The molecule has 0 radical (unpaired) electrons. The molecule has 0 saturated heterocycles. The standard InChI is InChI=1S/C22H28N2O/c1-6-16-22(7-2,23-20-11-9-8-10-17(20)3)21(25)18-12-14-19(15-13-18)24(4)5/h6,8-15,23H,1,7,16H2,2-5H3. The minimum absolute atomic E-state index is 0.100. The summed E-state index contributed by atoms with van der Waals surface area (Å²) >= 11 is 0. The Morgan fingerprint density at radius 3 is 2.32 bits per heavy atom. The van der Waals surface area contributed by atoms with Gasteiger partial charge in [-0.3, -0.25) is 4.79 Å². The number of ketones is 1. The van der Waals surface area contributed by atoms with Crippen molar-refractivity contribution in [1.82, 2.24) is 0 Å². The van der Waals surface area contributed by atoms with E-state index < -0.39 is 5.54 Å². The van der Waals surface area contributed by atoms with Crippen molar-refractivity contribution in [3.8, 4) is 0 Å². The quantitative estimate of drug-likeness (QED) is 0.539. The third-order valence-electron chi connectivity index (χ3n) is 4.70. The molecule has 0 fully saturated rings. The molecule has 1 N–H and O–H groups in total. The fourth-order valence-electron chi connectivity index (χ4n) is 3.00. The van der Waals surface area contributed by atoms with Crippen molar-refractivity contribution in [3.05, 3.63) is 72.3 Å². The zero-order chi connectivity index (χ0) is 18.4. The number of para-hydroxylation sites is 1. The van der Waals surface area contributed by atoms with Crippen LogP contribution >= 0.6 is 0 Å². The lowest BCUT2D eigenvalue weighted by atomic mass is 9.83. The molecule has 0 aliphatic carbocycles. The van der Waals surface area contributed by atoms with Gasteiger partial charge in [0.25, 0.3) is 0 Å². The SMILES string of the molecule is C=CCC(CC)(Nc1ccccc1C)C(=O)c1ccc(N(C)C)cc1. The third-order valence-corrected chi connectivity index (χ3v) is 4.70. The summed E-state index contributed by atoms with van der Waals surface area (Å²) in [6, 6.07) is 15.8. The number of benzene rings is 2. The molecule has 3 nitrogen and oxygen atoms in total. The van der Waals surface area contributed by atoms with E-state index in [0.29, 0.717) is 12.8 Å².